The monoisotopic (exact) mass is 626 g/mol. The Labute approximate surface area is 259 Å². The SMILES string of the molecule is CNCc1ccc(-c2ccnc(-c3cccc4c3CCC[C@H]4Nc3nc(OC)c(CNC)cc3C(F)(F)F)c2Cl)nc1OC. The number of rotatable bonds is 10. The van der Waals surface area contributed by atoms with Crippen LogP contribution in [-0.2, 0) is 25.7 Å². The van der Waals surface area contributed by atoms with Crippen LogP contribution in [0.2, 0.25) is 5.02 Å². The van der Waals surface area contributed by atoms with Gasteiger partial charge >= 0.3 is 6.18 Å². The summed E-state index contributed by atoms with van der Waals surface area (Å²) in [5.41, 5.74) is 4.99. The molecule has 0 saturated carbocycles. The van der Waals surface area contributed by atoms with Crippen LogP contribution in [0.3, 0.4) is 0 Å². The number of ether oxygens (including phenoxy) is 2. The molecule has 1 aliphatic rings. The molecular formula is C32H34ClF3N6O2. The Morgan fingerprint density at radius 2 is 1.66 bits per heavy atom. The minimum atomic E-state index is -4.61. The summed E-state index contributed by atoms with van der Waals surface area (Å²) in [5, 5.41) is 9.50. The van der Waals surface area contributed by atoms with Crippen molar-refractivity contribution >= 4 is 17.4 Å². The van der Waals surface area contributed by atoms with Gasteiger partial charge in [-0.25, -0.2) is 4.98 Å². The molecule has 5 rings (SSSR count). The first kappa shape index (κ1) is 31.5. The van der Waals surface area contributed by atoms with Crippen molar-refractivity contribution in [3.8, 4) is 34.3 Å². The summed E-state index contributed by atoms with van der Waals surface area (Å²) in [7, 11) is 6.48. The third-order valence-electron chi connectivity index (χ3n) is 7.67. The predicted octanol–water partition coefficient (Wildman–Crippen LogP) is 6.82. The first-order valence-electron chi connectivity index (χ1n) is 14.2. The summed E-state index contributed by atoms with van der Waals surface area (Å²) in [6.45, 7) is 0.786. The van der Waals surface area contributed by atoms with Crippen molar-refractivity contribution in [3.63, 3.8) is 0 Å². The Bertz CT molecular complexity index is 1650. The van der Waals surface area contributed by atoms with Gasteiger partial charge in [-0.05, 0) is 62.7 Å². The number of halogens is 4. The highest BCUT2D eigenvalue weighted by Gasteiger charge is 2.37. The van der Waals surface area contributed by atoms with E-state index in [0.717, 1.165) is 41.2 Å². The molecule has 0 fully saturated rings. The molecule has 3 N–H and O–H groups in total. The summed E-state index contributed by atoms with van der Waals surface area (Å²) in [4.78, 5) is 13.6. The highest BCUT2D eigenvalue weighted by atomic mass is 35.5. The third-order valence-corrected chi connectivity index (χ3v) is 8.05. The van der Waals surface area contributed by atoms with E-state index >= 15 is 0 Å². The summed E-state index contributed by atoms with van der Waals surface area (Å²) in [6, 6.07) is 12.1. The van der Waals surface area contributed by atoms with Gasteiger partial charge in [-0.2, -0.15) is 18.2 Å². The lowest BCUT2D eigenvalue weighted by atomic mass is 9.83. The second kappa shape index (κ2) is 13.4. The van der Waals surface area contributed by atoms with Crippen LogP contribution in [0.25, 0.3) is 22.5 Å². The van der Waals surface area contributed by atoms with E-state index in [9.17, 15) is 13.2 Å². The van der Waals surface area contributed by atoms with Gasteiger partial charge in [-0.15, -0.1) is 0 Å². The maximum atomic E-state index is 14.2. The van der Waals surface area contributed by atoms with E-state index in [1.165, 1.54) is 7.11 Å². The largest absolute Gasteiger partial charge is 0.481 e. The molecule has 1 aliphatic carbocycles. The summed E-state index contributed by atoms with van der Waals surface area (Å²) in [5.74, 6) is 0.369. The lowest BCUT2D eigenvalue weighted by Crippen LogP contribution is -2.22. The Hall–Kier alpha value is -3.93. The fraction of sp³-hybridized carbons (Fsp3) is 0.344. The molecule has 1 atom stereocenters. The molecule has 0 amide bonds. The highest BCUT2D eigenvalue weighted by Crippen LogP contribution is 2.43. The highest BCUT2D eigenvalue weighted by molar-refractivity contribution is 6.35. The molecule has 1 aromatic carbocycles. The van der Waals surface area contributed by atoms with E-state index in [0.29, 0.717) is 46.4 Å². The van der Waals surface area contributed by atoms with Gasteiger partial charge < -0.3 is 25.4 Å². The number of pyridine rings is 3. The maximum absolute atomic E-state index is 14.2. The van der Waals surface area contributed by atoms with Crippen molar-refractivity contribution in [1.82, 2.24) is 25.6 Å². The van der Waals surface area contributed by atoms with Gasteiger partial charge in [0.25, 0.3) is 0 Å². The van der Waals surface area contributed by atoms with Crippen LogP contribution >= 0.6 is 11.6 Å². The predicted molar refractivity (Wildman–Crippen MR) is 165 cm³/mol. The normalized spacial score (nSPS) is 14.7. The van der Waals surface area contributed by atoms with Gasteiger partial charge in [0.05, 0.1) is 42.2 Å². The number of aromatic nitrogens is 3. The number of hydrogen-bond donors (Lipinski definition) is 3. The first-order chi connectivity index (χ1) is 21.2. The molecule has 0 bridgehead atoms. The van der Waals surface area contributed by atoms with Crippen LogP contribution in [0.5, 0.6) is 11.8 Å². The van der Waals surface area contributed by atoms with E-state index in [-0.39, 0.29) is 18.2 Å². The van der Waals surface area contributed by atoms with Crippen LogP contribution < -0.4 is 25.4 Å². The fourth-order valence-corrected chi connectivity index (χ4v) is 6.00. The van der Waals surface area contributed by atoms with E-state index < -0.39 is 17.8 Å². The van der Waals surface area contributed by atoms with Gasteiger partial charge in [0, 0.05) is 41.5 Å². The zero-order chi connectivity index (χ0) is 31.4. The molecule has 0 radical (unpaired) electrons. The topological polar surface area (TPSA) is 93.2 Å². The number of fused-ring (bicyclic) bond motifs is 1. The number of alkyl halides is 3. The molecule has 3 aromatic heterocycles. The number of nitrogens with one attached hydrogen (secondary N) is 3. The maximum Gasteiger partial charge on any atom is 0.419 e. The Balaban J connectivity index is 1.54. The van der Waals surface area contributed by atoms with Crippen molar-refractivity contribution in [2.24, 2.45) is 0 Å². The average Bonchev–Trinajstić information content (AvgIpc) is 3.01. The smallest absolute Gasteiger partial charge is 0.419 e. The number of anilines is 1. The second-order valence-electron chi connectivity index (χ2n) is 10.5. The van der Waals surface area contributed by atoms with E-state index in [4.69, 9.17) is 21.1 Å². The van der Waals surface area contributed by atoms with E-state index in [1.54, 1.807) is 26.4 Å². The van der Waals surface area contributed by atoms with E-state index in [1.807, 2.05) is 37.4 Å². The third kappa shape index (κ3) is 6.31. The minimum Gasteiger partial charge on any atom is -0.481 e. The van der Waals surface area contributed by atoms with Gasteiger partial charge in [-0.3, -0.25) is 4.98 Å². The Morgan fingerprint density at radius 3 is 2.36 bits per heavy atom. The summed E-state index contributed by atoms with van der Waals surface area (Å²) >= 11 is 7.00. The number of nitrogens with zero attached hydrogens (tertiary/aromatic N) is 3. The fourth-order valence-electron chi connectivity index (χ4n) is 5.69. The van der Waals surface area contributed by atoms with E-state index in [2.05, 4.69) is 30.9 Å². The molecule has 0 aliphatic heterocycles. The molecule has 8 nitrogen and oxygen atoms in total. The number of hydrogen-bond acceptors (Lipinski definition) is 8. The van der Waals surface area contributed by atoms with Crippen LogP contribution in [0.4, 0.5) is 19.0 Å². The average molecular weight is 627 g/mol. The van der Waals surface area contributed by atoms with Gasteiger partial charge in [-0.1, -0.05) is 35.9 Å². The van der Waals surface area contributed by atoms with Crippen LogP contribution in [-0.4, -0.2) is 43.3 Å². The van der Waals surface area contributed by atoms with Crippen molar-refractivity contribution in [2.75, 3.05) is 33.6 Å². The molecular weight excluding hydrogens is 593 g/mol. The Morgan fingerprint density at radius 1 is 0.932 bits per heavy atom. The lowest BCUT2D eigenvalue weighted by molar-refractivity contribution is -0.137. The van der Waals surface area contributed by atoms with Crippen molar-refractivity contribution in [2.45, 2.75) is 44.6 Å². The van der Waals surface area contributed by atoms with Crippen molar-refractivity contribution < 1.29 is 22.6 Å². The standard InChI is InChI=1S/C32H34ClF3N6O2/c1-37-16-18-11-12-26(41-30(18)43-3)23-13-14-39-28(27(23)33)22-9-5-8-21-20(22)7-6-10-25(21)40-29-24(32(34,35)36)15-19(17-38-2)31(42-29)44-4/h5,8-9,11-15,25,37-38H,6-7,10,16-17H2,1-4H3,(H,40,42)/t25-/m1/s1. The molecule has 44 heavy (non-hydrogen) atoms. The molecule has 0 unspecified atom stereocenters. The molecule has 232 valence electrons. The quantitative estimate of drug-likeness (QED) is 0.177. The van der Waals surface area contributed by atoms with Gasteiger partial charge in [0.1, 0.15) is 5.82 Å². The van der Waals surface area contributed by atoms with Crippen LogP contribution in [0.1, 0.15) is 46.7 Å². The second-order valence-corrected chi connectivity index (χ2v) is 10.8. The van der Waals surface area contributed by atoms with Gasteiger partial charge in [0.2, 0.25) is 11.8 Å². The van der Waals surface area contributed by atoms with Crippen molar-refractivity contribution in [1.29, 1.82) is 0 Å². The van der Waals surface area contributed by atoms with Crippen molar-refractivity contribution in [3.05, 3.63) is 81.5 Å². The summed E-state index contributed by atoms with van der Waals surface area (Å²) < 4.78 is 53.4. The lowest BCUT2D eigenvalue weighted by Gasteiger charge is -2.30. The summed E-state index contributed by atoms with van der Waals surface area (Å²) in [6.07, 6.45) is -0.826. The number of methoxy groups -OCH3 is 2. The van der Waals surface area contributed by atoms with Crippen LogP contribution in [0.15, 0.2) is 48.7 Å². The van der Waals surface area contributed by atoms with Gasteiger partial charge in [0.15, 0.2) is 0 Å². The molecule has 0 saturated heterocycles. The van der Waals surface area contributed by atoms with Crippen LogP contribution in [0, 0.1) is 0 Å². The minimum absolute atomic E-state index is 0.136. The first-order valence-corrected chi connectivity index (χ1v) is 14.6. The zero-order valence-corrected chi connectivity index (χ0v) is 25.7. The molecule has 4 aromatic rings. The zero-order valence-electron chi connectivity index (χ0n) is 24.9. The molecule has 0 spiro atoms. The molecule has 3 heterocycles. The Kier molecular flexibility index (Phi) is 9.57. The molecule has 12 heteroatoms. The number of benzene rings is 1.